The van der Waals surface area contributed by atoms with E-state index in [0.717, 1.165) is 12.8 Å². The molecule has 5 heteroatoms. The zero-order valence-corrected chi connectivity index (χ0v) is 11.0. The van der Waals surface area contributed by atoms with Gasteiger partial charge in [-0.1, -0.05) is 11.8 Å². The minimum absolute atomic E-state index is 0.0394. The highest BCUT2D eigenvalue weighted by atomic mass is 19.1. The zero-order chi connectivity index (χ0) is 14.4. The largest absolute Gasteiger partial charge is 0.384 e. The van der Waals surface area contributed by atoms with Gasteiger partial charge in [0.05, 0.1) is 23.8 Å². The summed E-state index contributed by atoms with van der Waals surface area (Å²) in [5, 5.41) is 11.4. The minimum Gasteiger partial charge on any atom is -0.384 e. The normalized spacial score (nSPS) is 17.4. The molecule has 1 amide bonds. The molecule has 0 aliphatic carbocycles. The molecule has 1 aliphatic heterocycles. The van der Waals surface area contributed by atoms with E-state index in [0.29, 0.717) is 17.9 Å². The lowest BCUT2D eigenvalue weighted by atomic mass is 10.1. The summed E-state index contributed by atoms with van der Waals surface area (Å²) in [4.78, 5) is 11.9. The van der Waals surface area contributed by atoms with Crippen LogP contribution < -0.4 is 5.32 Å². The fraction of sp³-hybridized carbons (Fsp3) is 0.400. The van der Waals surface area contributed by atoms with Crippen LogP contribution in [0.15, 0.2) is 18.2 Å². The SMILES string of the molecule is O=C(CC1CCCO1)Nc1ccc(F)cc1C#CCO. The second-order valence-corrected chi connectivity index (χ2v) is 4.54. The van der Waals surface area contributed by atoms with Crippen LogP contribution in [0.1, 0.15) is 24.8 Å². The lowest BCUT2D eigenvalue weighted by molar-refractivity contribution is -0.118. The maximum absolute atomic E-state index is 13.2. The standard InChI is InChI=1S/C15H16FNO3/c16-12-5-6-14(11(9-12)3-1-7-18)17-15(19)10-13-4-2-8-20-13/h5-6,9,13,18H,2,4,7-8,10H2,(H,17,19). The fourth-order valence-electron chi connectivity index (χ4n) is 2.08. The summed E-state index contributed by atoms with van der Waals surface area (Å²) in [5.41, 5.74) is 0.787. The third-order valence-electron chi connectivity index (χ3n) is 2.99. The van der Waals surface area contributed by atoms with Crippen molar-refractivity contribution in [2.75, 3.05) is 18.5 Å². The van der Waals surface area contributed by atoms with Crippen molar-refractivity contribution >= 4 is 11.6 Å². The first kappa shape index (κ1) is 14.5. The van der Waals surface area contributed by atoms with Crippen molar-refractivity contribution in [3.63, 3.8) is 0 Å². The maximum Gasteiger partial charge on any atom is 0.227 e. The third kappa shape index (κ3) is 4.05. The second kappa shape index (κ2) is 7.04. The average molecular weight is 277 g/mol. The molecule has 2 rings (SSSR count). The van der Waals surface area contributed by atoms with Gasteiger partial charge in [-0.15, -0.1) is 0 Å². The van der Waals surface area contributed by atoms with E-state index < -0.39 is 5.82 Å². The van der Waals surface area contributed by atoms with Crippen LogP contribution in [0.5, 0.6) is 0 Å². The van der Waals surface area contributed by atoms with Gasteiger partial charge in [0.25, 0.3) is 0 Å². The number of aliphatic hydroxyl groups excluding tert-OH is 1. The molecule has 0 spiro atoms. The second-order valence-electron chi connectivity index (χ2n) is 4.54. The number of carbonyl (C=O) groups excluding carboxylic acids is 1. The van der Waals surface area contributed by atoms with E-state index in [1.54, 1.807) is 0 Å². The van der Waals surface area contributed by atoms with Gasteiger partial charge >= 0.3 is 0 Å². The molecule has 0 radical (unpaired) electrons. The van der Waals surface area contributed by atoms with E-state index in [1.165, 1.54) is 18.2 Å². The Morgan fingerprint density at radius 1 is 1.55 bits per heavy atom. The van der Waals surface area contributed by atoms with Gasteiger partial charge in [-0.05, 0) is 31.0 Å². The van der Waals surface area contributed by atoms with Gasteiger partial charge in [0.15, 0.2) is 0 Å². The van der Waals surface area contributed by atoms with Gasteiger partial charge in [-0.25, -0.2) is 4.39 Å². The minimum atomic E-state index is -0.440. The van der Waals surface area contributed by atoms with Gasteiger partial charge in [0.1, 0.15) is 12.4 Å². The summed E-state index contributed by atoms with van der Waals surface area (Å²) in [6.07, 6.45) is 2.10. The van der Waals surface area contributed by atoms with Crippen molar-refractivity contribution in [3.8, 4) is 11.8 Å². The summed E-state index contributed by atoms with van der Waals surface area (Å²) in [7, 11) is 0. The summed E-state index contributed by atoms with van der Waals surface area (Å²) in [6, 6.07) is 3.94. The molecular formula is C15H16FNO3. The molecule has 2 N–H and O–H groups in total. The number of rotatable bonds is 3. The lowest BCUT2D eigenvalue weighted by Crippen LogP contribution is -2.19. The molecule has 4 nitrogen and oxygen atoms in total. The lowest BCUT2D eigenvalue weighted by Gasteiger charge is -2.11. The monoisotopic (exact) mass is 277 g/mol. The number of amides is 1. The first-order chi connectivity index (χ1) is 9.69. The first-order valence-corrected chi connectivity index (χ1v) is 6.50. The van der Waals surface area contributed by atoms with E-state index in [4.69, 9.17) is 9.84 Å². The van der Waals surface area contributed by atoms with E-state index >= 15 is 0 Å². The predicted molar refractivity (Wildman–Crippen MR) is 72.6 cm³/mol. The number of hydrogen-bond acceptors (Lipinski definition) is 3. The number of aliphatic hydroxyl groups is 1. The fourth-order valence-corrected chi connectivity index (χ4v) is 2.08. The summed E-state index contributed by atoms with van der Waals surface area (Å²) in [6.45, 7) is 0.377. The van der Waals surface area contributed by atoms with Gasteiger partial charge in [0, 0.05) is 6.61 Å². The highest BCUT2D eigenvalue weighted by Crippen LogP contribution is 2.19. The van der Waals surface area contributed by atoms with E-state index in [9.17, 15) is 9.18 Å². The number of ether oxygens (including phenoxy) is 1. The van der Waals surface area contributed by atoms with Crippen molar-refractivity contribution < 1.29 is 19.0 Å². The maximum atomic E-state index is 13.2. The molecular weight excluding hydrogens is 261 g/mol. The Balaban J connectivity index is 2.05. The van der Waals surface area contributed by atoms with Gasteiger partial charge in [0.2, 0.25) is 5.91 Å². The quantitative estimate of drug-likeness (QED) is 0.826. The van der Waals surface area contributed by atoms with Gasteiger partial charge in [-0.2, -0.15) is 0 Å². The van der Waals surface area contributed by atoms with Crippen LogP contribution in [0.3, 0.4) is 0 Å². The van der Waals surface area contributed by atoms with Crippen molar-refractivity contribution in [2.45, 2.75) is 25.4 Å². The van der Waals surface area contributed by atoms with Crippen LogP contribution in [0, 0.1) is 17.7 Å². The van der Waals surface area contributed by atoms with Crippen molar-refractivity contribution in [2.24, 2.45) is 0 Å². The number of carbonyl (C=O) groups is 1. The molecule has 0 aromatic heterocycles. The van der Waals surface area contributed by atoms with E-state index in [-0.39, 0.29) is 25.0 Å². The van der Waals surface area contributed by atoms with Crippen LogP contribution in [-0.4, -0.2) is 30.3 Å². The highest BCUT2D eigenvalue weighted by molar-refractivity contribution is 5.92. The molecule has 1 aliphatic rings. The molecule has 106 valence electrons. The highest BCUT2D eigenvalue weighted by Gasteiger charge is 2.19. The number of hydrogen-bond donors (Lipinski definition) is 2. The Labute approximate surface area is 116 Å². The Morgan fingerprint density at radius 2 is 2.40 bits per heavy atom. The van der Waals surface area contributed by atoms with Crippen molar-refractivity contribution in [3.05, 3.63) is 29.6 Å². The van der Waals surface area contributed by atoms with E-state index in [1.807, 2.05) is 0 Å². The molecule has 20 heavy (non-hydrogen) atoms. The predicted octanol–water partition coefficient (Wildman–Crippen LogP) is 1.68. The average Bonchev–Trinajstić information content (AvgIpc) is 2.91. The smallest absolute Gasteiger partial charge is 0.227 e. The molecule has 0 bridgehead atoms. The third-order valence-corrected chi connectivity index (χ3v) is 2.99. The Bertz CT molecular complexity index is 542. The molecule has 0 saturated carbocycles. The number of anilines is 1. The summed E-state index contributed by atoms with van der Waals surface area (Å²) >= 11 is 0. The van der Waals surface area contributed by atoms with Crippen LogP contribution in [0.25, 0.3) is 0 Å². The van der Waals surface area contributed by atoms with Crippen molar-refractivity contribution in [1.29, 1.82) is 0 Å². The molecule has 1 saturated heterocycles. The Hall–Kier alpha value is -1.90. The van der Waals surface area contributed by atoms with Crippen LogP contribution >= 0.6 is 0 Å². The van der Waals surface area contributed by atoms with Crippen molar-refractivity contribution in [1.82, 2.24) is 0 Å². The van der Waals surface area contributed by atoms with Crippen LogP contribution in [-0.2, 0) is 9.53 Å². The summed E-state index contributed by atoms with van der Waals surface area (Å²) in [5.74, 6) is 4.43. The first-order valence-electron chi connectivity index (χ1n) is 6.50. The topological polar surface area (TPSA) is 58.6 Å². The van der Waals surface area contributed by atoms with E-state index in [2.05, 4.69) is 17.2 Å². The number of nitrogens with one attached hydrogen (secondary N) is 1. The molecule has 1 fully saturated rings. The Kier molecular flexibility index (Phi) is 5.10. The molecule has 1 aromatic rings. The van der Waals surface area contributed by atoms with Crippen LogP contribution in [0.2, 0.25) is 0 Å². The molecule has 1 aromatic carbocycles. The molecule has 1 unspecified atom stereocenters. The zero-order valence-electron chi connectivity index (χ0n) is 11.0. The molecule has 1 heterocycles. The van der Waals surface area contributed by atoms with Gasteiger partial charge < -0.3 is 15.2 Å². The summed E-state index contributed by atoms with van der Waals surface area (Å²) < 4.78 is 18.6. The number of halogens is 1. The van der Waals surface area contributed by atoms with Crippen LogP contribution in [0.4, 0.5) is 10.1 Å². The molecule has 1 atom stereocenters. The van der Waals surface area contributed by atoms with Gasteiger partial charge in [-0.3, -0.25) is 4.79 Å². The Morgan fingerprint density at radius 3 is 3.10 bits per heavy atom. The number of benzene rings is 1.